The monoisotopic (exact) mass is 340 g/mol. The van der Waals surface area contributed by atoms with Crippen molar-refractivity contribution in [1.29, 1.82) is 0 Å². The quantitative estimate of drug-likeness (QED) is 0.780. The van der Waals surface area contributed by atoms with Crippen LogP contribution in [0.3, 0.4) is 0 Å². The fourth-order valence-electron chi connectivity index (χ4n) is 3.16. The molecule has 1 aliphatic heterocycles. The van der Waals surface area contributed by atoms with Crippen LogP contribution in [0.15, 0.2) is 54.9 Å². The van der Waals surface area contributed by atoms with E-state index in [9.17, 15) is 0 Å². The van der Waals surface area contributed by atoms with Crippen molar-refractivity contribution in [3.8, 4) is 5.75 Å². The third-order valence-electron chi connectivity index (χ3n) is 4.38. The molecular formula is C18H17ClN4O. The summed E-state index contributed by atoms with van der Waals surface area (Å²) in [5.74, 6) is 1.62. The third kappa shape index (κ3) is 2.71. The molecule has 5 nitrogen and oxygen atoms in total. The Hall–Kier alpha value is -2.53. The highest BCUT2D eigenvalue weighted by Crippen LogP contribution is 2.38. The molecule has 3 aromatic rings. The lowest BCUT2D eigenvalue weighted by atomic mass is 9.93. The number of nitrogens with zero attached hydrogens (tertiary/aromatic N) is 3. The first-order chi connectivity index (χ1) is 11.7. The van der Waals surface area contributed by atoms with E-state index in [0.717, 1.165) is 23.1 Å². The molecule has 4 rings (SSSR count). The number of benzene rings is 2. The predicted molar refractivity (Wildman–Crippen MR) is 93.6 cm³/mol. The molecule has 0 bridgehead atoms. The number of anilines is 1. The fraction of sp³-hybridized carbons (Fsp3) is 0.222. The molecule has 2 heterocycles. The Morgan fingerprint density at radius 3 is 2.79 bits per heavy atom. The second-order valence-electron chi connectivity index (χ2n) is 5.80. The lowest BCUT2D eigenvalue weighted by Crippen LogP contribution is -2.28. The van der Waals surface area contributed by atoms with E-state index in [0.29, 0.717) is 0 Å². The second kappa shape index (κ2) is 6.17. The predicted octanol–water partition coefficient (Wildman–Crippen LogP) is 4.09. The topological polar surface area (TPSA) is 52.0 Å². The molecule has 1 N–H and O–H groups in total. The third-order valence-corrected chi connectivity index (χ3v) is 4.63. The van der Waals surface area contributed by atoms with Gasteiger partial charge in [-0.05, 0) is 41.8 Å². The summed E-state index contributed by atoms with van der Waals surface area (Å²) in [7, 11) is 1.68. The lowest BCUT2D eigenvalue weighted by molar-refractivity contribution is 0.410. The maximum absolute atomic E-state index is 6.03. The minimum Gasteiger partial charge on any atom is -0.497 e. The highest BCUT2D eigenvalue weighted by Gasteiger charge is 2.30. The maximum atomic E-state index is 6.03. The number of methoxy groups -OCH3 is 1. The Labute approximate surface area is 145 Å². The van der Waals surface area contributed by atoms with Gasteiger partial charge in [0.05, 0.1) is 19.2 Å². The van der Waals surface area contributed by atoms with Gasteiger partial charge in [0.25, 0.3) is 0 Å². The summed E-state index contributed by atoms with van der Waals surface area (Å²) in [6.07, 6.45) is 2.45. The summed E-state index contributed by atoms with van der Waals surface area (Å²) < 4.78 is 7.28. The van der Waals surface area contributed by atoms with Gasteiger partial charge < -0.3 is 10.1 Å². The number of ether oxygens (including phenoxy) is 1. The molecule has 2 aromatic carbocycles. The van der Waals surface area contributed by atoms with Crippen molar-refractivity contribution < 1.29 is 4.74 Å². The van der Waals surface area contributed by atoms with Crippen LogP contribution >= 0.6 is 11.6 Å². The van der Waals surface area contributed by atoms with Crippen molar-refractivity contribution in [2.75, 3.05) is 12.4 Å². The van der Waals surface area contributed by atoms with Gasteiger partial charge in [0, 0.05) is 5.02 Å². The largest absolute Gasteiger partial charge is 0.497 e. The minimum atomic E-state index is 0.109. The summed E-state index contributed by atoms with van der Waals surface area (Å²) in [5, 5.41) is 8.58. The number of rotatable bonds is 3. The minimum absolute atomic E-state index is 0.109. The van der Waals surface area contributed by atoms with Crippen molar-refractivity contribution in [3.63, 3.8) is 0 Å². The van der Waals surface area contributed by atoms with Crippen LogP contribution in [-0.2, 0) is 0 Å². The van der Waals surface area contributed by atoms with E-state index in [2.05, 4.69) is 27.5 Å². The molecule has 0 spiro atoms. The standard InChI is InChI=1S/C18H17ClN4O/c1-24-15-4-2-3-13(9-15)16-10-17(12-5-7-14(19)8-6-12)23-18(22-16)20-11-21-23/h2-9,11,16-17H,10H2,1H3,(H,20,21,22). The zero-order valence-electron chi connectivity index (χ0n) is 13.2. The molecule has 0 saturated carbocycles. The summed E-state index contributed by atoms with van der Waals surface area (Å²) in [4.78, 5) is 4.35. The van der Waals surface area contributed by atoms with Crippen molar-refractivity contribution in [2.24, 2.45) is 0 Å². The van der Waals surface area contributed by atoms with E-state index in [1.54, 1.807) is 13.4 Å². The van der Waals surface area contributed by atoms with E-state index in [1.807, 2.05) is 41.1 Å². The van der Waals surface area contributed by atoms with Crippen LogP contribution in [0.4, 0.5) is 5.95 Å². The molecule has 0 amide bonds. The summed E-state index contributed by atoms with van der Waals surface area (Å²) >= 11 is 6.03. The number of aromatic nitrogens is 3. The smallest absolute Gasteiger partial charge is 0.222 e. The molecule has 2 atom stereocenters. The summed E-state index contributed by atoms with van der Waals surface area (Å²) in [6, 6.07) is 16.3. The van der Waals surface area contributed by atoms with Gasteiger partial charge in [-0.1, -0.05) is 35.9 Å². The molecular weight excluding hydrogens is 324 g/mol. The van der Waals surface area contributed by atoms with Gasteiger partial charge >= 0.3 is 0 Å². The SMILES string of the molecule is COc1cccc(C2CC(c3ccc(Cl)cc3)n3ncnc3N2)c1. The summed E-state index contributed by atoms with van der Waals surface area (Å²) in [5.41, 5.74) is 2.34. The van der Waals surface area contributed by atoms with Crippen molar-refractivity contribution >= 4 is 17.5 Å². The van der Waals surface area contributed by atoms with Crippen LogP contribution in [-0.4, -0.2) is 21.9 Å². The van der Waals surface area contributed by atoms with Crippen molar-refractivity contribution in [1.82, 2.24) is 14.8 Å². The zero-order chi connectivity index (χ0) is 16.5. The van der Waals surface area contributed by atoms with Crippen molar-refractivity contribution in [2.45, 2.75) is 18.5 Å². The Morgan fingerprint density at radius 1 is 1.17 bits per heavy atom. The Balaban J connectivity index is 1.71. The lowest BCUT2D eigenvalue weighted by Gasteiger charge is -2.32. The molecule has 24 heavy (non-hydrogen) atoms. The number of hydrogen-bond donors (Lipinski definition) is 1. The van der Waals surface area contributed by atoms with Crippen LogP contribution in [0.5, 0.6) is 5.75 Å². The molecule has 0 radical (unpaired) electrons. The van der Waals surface area contributed by atoms with E-state index in [1.165, 1.54) is 11.1 Å². The maximum Gasteiger partial charge on any atom is 0.222 e. The molecule has 1 aliphatic rings. The summed E-state index contributed by atoms with van der Waals surface area (Å²) in [6.45, 7) is 0. The van der Waals surface area contributed by atoms with E-state index in [4.69, 9.17) is 16.3 Å². The first-order valence-corrected chi connectivity index (χ1v) is 8.18. The fourth-order valence-corrected chi connectivity index (χ4v) is 3.29. The molecule has 1 aromatic heterocycles. The van der Waals surface area contributed by atoms with Gasteiger partial charge in [-0.15, -0.1) is 0 Å². The molecule has 6 heteroatoms. The van der Waals surface area contributed by atoms with Crippen LogP contribution in [0.25, 0.3) is 0 Å². The van der Waals surface area contributed by atoms with Crippen LogP contribution in [0.1, 0.15) is 29.6 Å². The molecule has 0 aliphatic carbocycles. The molecule has 0 saturated heterocycles. The zero-order valence-corrected chi connectivity index (χ0v) is 13.9. The molecule has 122 valence electrons. The average Bonchev–Trinajstić information content (AvgIpc) is 3.10. The normalized spacial score (nSPS) is 19.4. The highest BCUT2D eigenvalue weighted by atomic mass is 35.5. The van der Waals surface area contributed by atoms with Gasteiger partial charge in [0.1, 0.15) is 12.1 Å². The second-order valence-corrected chi connectivity index (χ2v) is 6.24. The Bertz CT molecular complexity index is 846. The number of hydrogen-bond acceptors (Lipinski definition) is 4. The van der Waals surface area contributed by atoms with Gasteiger partial charge in [-0.2, -0.15) is 10.1 Å². The van der Waals surface area contributed by atoms with Crippen molar-refractivity contribution in [3.05, 3.63) is 71.0 Å². The number of nitrogens with one attached hydrogen (secondary N) is 1. The van der Waals surface area contributed by atoms with Crippen LogP contribution < -0.4 is 10.1 Å². The first-order valence-electron chi connectivity index (χ1n) is 7.80. The van der Waals surface area contributed by atoms with Crippen LogP contribution in [0, 0.1) is 0 Å². The van der Waals surface area contributed by atoms with Gasteiger partial charge in [-0.3, -0.25) is 0 Å². The van der Waals surface area contributed by atoms with Gasteiger partial charge in [-0.25, -0.2) is 4.68 Å². The van der Waals surface area contributed by atoms with E-state index >= 15 is 0 Å². The van der Waals surface area contributed by atoms with Gasteiger partial charge in [0.15, 0.2) is 0 Å². The van der Waals surface area contributed by atoms with E-state index < -0.39 is 0 Å². The highest BCUT2D eigenvalue weighted by molar-refractivity contribution is 6.30. The van der Waals surface area contributed by atoms with Crippen LogP contribution in [0.2, 0.25) is 5.02 Å². The number of halogens is 1. The number of fused-ring (bicyclic) bond motifs is 1. The average molecular weight is 341 g/mol. The van der Waals surface area contributed by atoms with Gasteiger partial charge in [0.2, 0.25) is 5.95 Å². The molecule has 2 unspecified atom stereocenters. The first kappa shape index (κ1) is 15.0. The molecule has 0 fully saturated rings. The van der Waals surface area contributed by atoms with E-state index in [-0.39, 0.29) is 12.1 Å². The Morgan fingerprint density at radius 2 is 2.00 bits per heavy atom. The Kier molecular flexibility index (Phi) is 3.86.